The Balaban J connectivity index is 2.24. The van der Waals surface area contributed by atoms with Gasteiger partial charge in [-0.3, -0.25) is 14.9 Å². The van der Waals surface area contributed by atoms with E-state index < -0.39 is 4.92 Å². The number of carbonyl (C=O) groups is 1. The molecule has 1 aliphatic rings. The third kappa shape index (κ3) is 3.23. The predicted molar refractivity (Wildman–Crippen MR) is 82.9 cm³/mol. The van der Waals surface area contributed by atoms with Gasteiger partial charge in [-0.1, -0.05) is 20.3 Å². The van der Waals surface area contributed by atoms with Crippen molar-refractivity contribution in [2.24, 2.45) is 5.41 Å². The molecule has 1 aromatic rings. The van der Waals surface area contributed by atoms with Crippen molar-refractivity contribution in [2.75, 3.05) is 18.0 Å². The number of benzene rings is 1. The fourth-order valence-electron chi connectivity index (χ4n) is 2.82. The lowest BCUT2D eigenvalue weighted by Gasteiger charge is -2.40. The van der Waals surface area contributed by atoms with E-state index in [0.717, 1.165) is 31.6 Å². The summed E-state index contributed by atoms with van der Waals surface area (Å²) in [5.41, 5.74) is 1.38. The van der Waals surface area contributed by atoms with Crippen LogP contribution in [0.1, 0.15) is 50.4 Å². The number of nitro groups is 1. The highest BCUT2D eigenvalue weighted by molar-refractivity contribution is 5.99. The molecule has 1 fully saturated rings. The fourth-order valence-corrected chi connectivity index (χ4v) is 2.82. The maximum atomic E-state index is 11.6. The Bertz CT molecular complexity index is 561. The van der Waals surface area contributed by atoms with Gasteiger partial charge in [0.05, 0.1) is 10.5 Å². The van der Waals surface area contributed by atoms with Crippen LogP contribution >= 0.6 is 0 Å². The number of nitrogens with zero attached hydrogens (tertiary/aromatic N) is 2. The Kier molecular flexibility index (Phi) is 4.30. The molecule has 0 saturated carbocycles. The van der Waals surface area contributed by atoms with Crippen molar-refractivity contribution in [3.05, 3.63) is 33.9 Å². The van der Waals surface area contributed by atoms with Crippen LogP contribution in [0.2, 0.25) is 0 Å². The average Bonchev–Trinajstić information content (AvgIpc) is 2.47. The molecule has 0 atom stereocenters. The maximum absolute atomic E-state index is 11.6. The molecule has 1 heterocycles. The van der Waals surface area contributed by atoms with Crippen molar-refractivity contribution in [3.8, 4) is 0 Å². The molecule has 0 unspecified atom stereocenters. The van der Waals surface area contributed by atoms with Crippen LogP contribution in [0.5, 0.6) is 0 Å². The Morgan fingerprint density at radius 1 is 1.38 bits per heavy atom. The minimum atomic E-state index is -0.495. The monoisotopic (exact) mass is 290 g/mol. The molecule has 0 amide bonds. The Labute approximate surface area is 125 Å². The molecule has 5 heteroatoms. The molecule has 2 rings (SSSR count). The summed E-state index contributed by atoms with van der Waals surface area (Å²) in [6.07, 6.45) is 3.38. The second kappa shape index (κ2) is 5.84. The number of Topliss-reactive ketones (excluding diaryl/α,β-unsaturated/α-hetero) is 1. The second-order valence-electron chi connectivity index (χ2n) is 6.17. The lowest BCUT2D eigenvalue weighted by Crippen LogP contribution is -2.38. The summed E-state index contributed by atoms with van der Waals surface area (Å²) in [6.45, 7) is 7.76. The highest BCUT2D eigenvalue weighted by Crippen LogP contribution is 2.36. The number of hydrogen-bond donors (Lipinski definition) is 0. The van der Waals surface area contributed by atoms with Gasteiger partial charge in [0.15, 0.2) is 5.78 Å². The first-order valence-electron chi connectivity index (χ1n) is 7.40. The first-order chi connectivity index (χ1) is 9.86. The van der Waals surface area contributed by atoms with E-state index in [1.807, 2.05) is 0 Å². The van der Waals surface area contributed by atoms with Crippen LogP contribution in [-0.2, 0) is 0 Å². The van der Waals surface area contributed by atoms with E-state index in [4.69, 9.17) is 0 Å². The molecule has 114 valence electrons. The molecular formula is C16H22N2O3. The SMILES string of the molecule is CCC1(C)CCN(c2ccc([N+](=O)[O-])c(C(C)=O)c2)CC1. The molecule has 0 aromatic heterocycles. The van der Waals surface area contributed by atoms with Gasteiger partial charge in [0.25, 0.3) is 5.69 Å². The molecular weight excluding hydrogens is 268 g/mol. The number of rotatable bonds is 4. The number of nitro benzene ring substituents is 1. The van der Waals surface area contributed by atoms with E-state index in [1.54, 1.807) is 12.1 Å². The number of anilines is 1. The van der Waals surface area contributed by atoms with Gasteiger partial charge in [0, 0.05) is 24.8 Å². The van der Waals surface area contributed by atoms with Crippen molar-refractivity contribution in [1.82, 2.24) is 0 Å². The van der Waals surface area contributed by atoms with Gasteiger partial charge in [-0.05, 0) is 37.3 Å². The first kappa shape index (κ1) is 15.5. The van der Waals surface area contributed by atoms with E-state index >= 15 is 0 Å². The summed E-state index contributed by atoms with van der Waals surface area (Å²) in [4.78, 5) is 24.3. The van der Waals surface area contributed by atoms with E-state index in [2.05, 4.69) is 18.7 Å². The lowest BCUT2D eigenvalue weighted by atomic mass is 9.78. The topological polar surface area (TPSA) is 63.4 Å². The largest absolute Gasteiger partial charge is 0.371 e. The summed E-state index contributed by atoms with van der Waals surface area (Å²) in [7, 11) is 0. The van der Waals surface area contributed by atoms with Gasteiger partial charge >= 0.3 is 0 Å². The van der Waals surface area contributed by atoms with Crippen LogP contribution in [0.4, 0.5) is 11.4 Å². The maximum Gasteiger partial charge on any atom is 0.280 e. The van der Waals surface area contributed by atoms with E-state index in [0.29, 0.717) is 5.41 Å². The predicted octanol–water partition coefficient (Wildman–Crippen LogP) is 3.81. The summed E-state index contributed by atoms with van der Waals surface area (Å²) >= 11 is 0. The molecule has 0 spiro atoms. The summed E-state index contributed by atoms with van der Waals surface area (Å²) in [5.74, 6) is -0.265. The van der Waals surface area contributed by atoms with Gasteiger partial charge in [-0.15, -0.1) is 0 Å². The minimum Gasteiger partial charge on any atom is -0.371 e. The molecule has 5 nitrogen and oxygen atoms in total. The van der Waals surface area contributed by atoms with E-state index in [1.165, 1.54) is 19.4 Å². The van der Waals surface area contributed by atoms with Gasteiger partial charge in [0.2, 0.25) is 0 Å². The Morgan fingerprint density at radius 3 is 2.48 bits per heavy atom. The molecule has 1 aliphatic heterocycles. The van der Waals surface area contributed by atoms with Gasteiger partial charge in [0.1, 0.15) is 0 Å². The zero-order chi connectivity index (χ0) is 15.6. The van der Waals surface area contributed by atoms with E-state index in [9.17, 15) is 14.9 Å². The van der Waals surface area contributed by atoms with Crippen LogP contribution in [-0.4, -0.2) is 23.8 Å². The molecule has 0 N–H and O–H groups in total. The smallest absolute Gasteiger partial charge is 0.280 e. The molecule has 0 bridgehead atoms. The van der Waals surface area contributed by atoms with Crippen molar-refractivity contribution >= 4 is 17.2 Å². The molecule has 0 radical (unpaired) electrons. The van der Waals surface area contributed by atoms with Crippen molar-refractivity contribution < 1.29 is 9.72 Å². The average molecular weight is 290 g/mol. The Hall–Kier alpha value is -1.91. The summed E-state index contributed by atoms with van der Waals surface area (Å²) < 4.78 is 0. The third-order valence-corrected chi connectivity index (χ3v) is 4.75. The molecule has 0 aliphatic carbocycles. The highest BCUT2D eigenvalue weighted by Gasteiger charge is 2.29. The third-order valence-electron chi connectivity index (χ3n) is 4.75. The van der Waals surface area contributed by atoms with Crippen molar-refractivity contribution in [2.45, 2.75) is 40.0 Å². The zero-order valence-corrected chi connectivity index (χ0v) is 12.9. The summed E-state index contributed by atoms with van der Waals surface area (Å²) in [5, 5.41) is 11.0. The Morgan fingerprint density at radius 2 is 2.00 bits per heavy atom. The van der Waals surface area contributed by atoms with Crippen molar-refractivity contribution in [1.29, 1.82) is 0 Å². The standard InChI is InChI=1S/C16H22N2O3/c1-4-16(3)7-9-17(10-8-16)13-5-6-15(18(20)21)14(11-13)12(2)19/h5-6,11H,4,7-10H2,1-3H3. The van der Waals surface area contributed by atoms with Crippen molar-refractivity contribution in [3.63, 3.8) is 0 Å². The fraction of sp³-hybridized carbons (Fsp3) is 0.562. The summed E-state index contributed by atoms with van der Waals surface area (Å²) in [6, 6.07) is 4.86. The van der Waals surface area contributed by atoms with Crippen LogP contribution < -0.4 is 4.90 Å². The van der Waals surface area contributed by atoms with Gasteiger partial charge in [-0.25, -0.2) is 0 Å². The normalized spacial score (nSPS) is 17.6. The zero-order valence-electron chi connectivity index (χ0n) is 12.9. The first-order valence-corrected chi connectivity index (χ1v) is 7.40. The molecule has 21 heavy (non-hydrogen) atoms. The lowest BCUT2D eigenvalue weighted by molar-refractivity contribution is -0.385. The van der Waals surface area contributed by atoms with Crippen LogP contribution in [0.25, 0.3) is 0 Å². The van der Waals surface area contributed by atoms with Gasteiger partial charge in [-0.2, -0.15) is 0 Å². The van der Waals surface area contributed by atoms with Crippen LogP contribution in [0.3, 0.4) is 0 Å². The highest BCUT2D eigenvalue weighted by atomic mass is 16.6. The quantitative estimate of drug-likeness (QED) is 0.480. The van der Waals surface area contributed by atoms with Crippen LogP contribution in [0.15, 0.2) is 18.2 Å². The number of piperidine rings is 1. The van der Waals surface area contributed by atoms with Crippen LogP contribution in [0, 0.1) is 15.5 Å². The molecule has 1 saturated heterocycles. The minimum absolute atomic E-state index is 0.110. The molecule has 1 aromatic carbocycles. The van der Waals surface area contributed by atoms with Gasteiger partial charge < -0.3 is 4.90 Å². The number of ketones is 1. The van der Waals surface area contributed by atoms with E-state index in [-0.39, 0.29) is 17.0 Å². The number of hydrogen-bond acceptors (Lipinski definition) is 4. The number of carbonyl (C=O) groups excluding carboxylic acids is 1. The second-order valence-corrected chi connectivity index (χ2v) is 6.17.